The lowest BCUT2D eigenvalue weighted by molar-refractivity contribution is -0.130. The molecule has 0 aromatic heterocycles. The van der Waals surface area contributed by atoms with Gasteiger partial charge in [0.1, 0.15) is 0 Å². The summed E-state index contributed by atoms with van der Waals surface area (Å²) in [4.78, 5) is 13.6. The SMILES string of the molecule is CN(CC1CC1)C(=O)CC(N)C1CC1. The van der Waals surface area contributed by atoms with Crippen LogP contribution < -0.4 is 5.73 Å². The zero-order valence-corrected chi connectivity index (χ0v) is 8.91. The lowest BCUT2D eigenvalue weighted by atomic mass is 10.1. The minimum atomic E-state index is 0.115. The smallest absolute Gasteiger partial charge is 0.223 e. The molecule has 0 bridgehead atoms. The van der Waals surface area contributed by atoms with E-state index < -0.39 is 0 Å². The second-order valence-corrected chi connectivity index (χ2v) is 4.92. The van der Waals surface area contributed by atoms with Crippen LogP contribution in [0.4, 0.5) is 0 Å². The van der Waals surface area contributed by atoms with Gasteiger partial charge in [0.15, 0.2) is 0 Å². The third-order valence-corrected chi connectivity index (χ3v) is 3.29. The van der Waals surface area contributed by atoms with E-state index in [1.54, 1.807) is 0 Å². The molecule has 80 valence electrons. The molecule has 2 fully saturated rings. The predicted octanol–water partition coefficient (Wildman–Crippen LogP) is 0.982. The van der Waals surface area contributed by atoms with Gasteiger partial charge < -0.3 is 10.6 Å². The number of amides is 1. The molecule has 1 amide bonds. The second-order valence-electron chi connectivity index (χ2n) is 4.92. The molecule has 0 saturated heterocycles. The van der Waals surface area contributed by atoms with Gasteiger partial charge in [-0.05, 0) is 37.5 Å². The molecule has 0 aromatic carbocycles. The maximum atomic E-state index is 11.7. The molecule has 0 aliphatic heterocycles. The first-order chi connectivity index (χ1) is 6.66. The van der Waals surface area contributed by atoms with Crippen LogP contribution in [-0.2, 0) is 4.79 Å². The summed E-state index contributed by atoms with van der Waals surface area (Å²) in [5.74, 6) is 1.64. The third kappa shape index (κ3) is 2.71. The molecule has 3 heteroatoms. The molecular weight excluding hydrogens is 176 g/mol. The van der Waals surface area contributed by atoms with Gasteiger partial charge in [0.25, 0.3) is 0 Å². The number of hydrogen-bond donors (Lipinski definition) is 1. The fraction of sp³-hybridized carbons (Fsp3) is 0.909. The van der Waals surface area contributed by atoms with Crippen LogP contribution >= 0.6 is 0 Å². The Bertz CT molecular complexity index is 221. The van der Waals surface area contributed by atoms with Gasteiger partial charge in [0.05, 0.1) is 0 Å². The van der Waals surface area contributed by atoms with E-state index in [1.807, 2.05) is 11.9 Å². The summed E-state index contributed by atoms with van der Waals surface area (Å²) >= 11 is 0. The Kier molecular flexibility index (Phi) is 2.77. The van der Waals surface area contributed by atoms with Crippen LogP contribution in [0.15, 0.2) is 0 Å². The molecule has 0 aromatic rings. The highest BCUT2D eigenvalue weighted by Crippen LogP contribution is 2.33. The molecular formula is C11H20N2O. The molecule has 2 aliphatic rings. The second kappa shape index (κ2) is 3.89. The summed E-state index contributed by atoms with van der Waals surface area (Å²) in [5, 5.41) is 0. The summed E-state index contributed by atoms with van der Waals surface area (Å²) in [7, 11) is 1.90. The Hall–Kier alpha value is -0.570. The average Bonchev–Trinajstić information content (AvgIpc) is 2.99. The van der Waals surface area contributed by atoms with Crippen molar-refractivity contribution in [3.63, 3.8) is 0 Å². The number of rotatable bonds is 5. The first-order valence-corrected chi connectivity index (χ1v) is 5.66. The minimum absolute atomic E-state index is 0.115. The van der Waals surface area contributed by atoms with Crippen molar-refractivity contribution in [3.05, 3.63) is 0 Å². The maximum absolute atomic E-state index is 11.7. The zero-order valence-electron chi connectivity index (χ0n) is 8.91. The molecule has 0 heterocycles. The van der Waals surface area contributed by atoms with Crippen LogP contribution in [0.25, 0.3) is 0 Å². The molecule has 3 nitrogen and oxygen atoms in total. The summed E-state index contributed by atoms with van der Waals surface area (Å²) in [6, 6.07) is 0.115. The van der Waals surface area contributed by atoms with Crippen molar-refractivity contribution in [1.82, 2.24) is 4.90 Å². The normalized spacial score (nSPS) is 23.3. The first kappa shape index (κ1) is 9.97. The van der Waals surface area contributed by atoms with Crippen LogP contribution in [0.1, 0.15) is 32.1 Å². The lowest BCUT2D eigenvalue weighted by Crippen LogP contribution is -2.35. The van der Waals surface area contributed by atoms with Crippen molar-refractivity contribution in [1.29, 1.82) is 0 Å². The third-order valence-electron chi connectivity index (χ3n) is 3.29. The predicted molar refractivity (Wildman–Crippen MR) is 55.7 cm³/mol. The van der Waals surface area contributed by atoms with Crippen molar-refractivity contribution in [2.45, 2.75) is 38.1 Å². The Labute approximate surface area is 85.6 Å². The zero-order chi connectivity index (χ0) is 10.1. The van der Waals surface area contributed by atoms with E-state index in [4.69, 9.17) is 5.73 Å². The lowest BCUT2D eigenvalue weighted by Gasteiger charge is -2.19. The van der Waals surface area contributed by atoms with E-state index in [1.165, 1.54) is 25.7 Å². The van der Waals surface area contributed by atoms with E-state index in [-0.39, 0.29) is 11.9 Å². The summed E-state index contributed by atoms with van der Waals surface area (Å²) in [6.45, 7) is 0.941. The molecule has 2 N–H and O–H groups in total. The van der Waals surface area contributed by atoms with E-state index >= 15 is 0 Å². The van der Waals surface area contributed by atoms with Gasteiger partial charge in [-0.15, -0.1) is 0 Å². The Balaban J connectivity index is 1.69. The van der Waals surface area contributed by atoms with Crippen molar-refractivity contribution in [2.24, 2.45) is 17.6 Å². The van der Waals surface area contributed by atoms with E-state index in [2.05, 4.69) is 0 Å². The van der Waals surface area contributed by atoms with Crippen LogP contribution in [0.2, 0.25) is 0 Å². The van der Waals surface area contributed by atoms with E-state index in [0.717, 1.165) is 12.5 Å². The number of nitrogens with two attached hydrogens (primary N) is 1. The quantitative estimate of drug-likeness (QED) is 0.712. The molecule has 0 spiro atoms. The molecule has 1 atom stereocenters. The topological polar surface area (TPSA) is 46.3 Å². The highest BCUT2D eigenvalue weighted by molar-refractivity contribution is 5.76. The molecule has 0 radical (unpaired) electrons. The van der Waals surface area contributed by atoms with Crippen LogP contribution in [0, 0.1) is 11.8 Å². The summed E-state index contributed by atoms with van der Waals surface area (Å²) in [6.07, 6.45) is 5.59. The van der Waals surface area contributed by atoms with Crippen molar-refractivity contribution < 1.29 is 4.79 Å². The molecule has 1 unspecified atom stereocenters. The van der Waals surface area contributed by atoms with Gasteiger partial charge in [-0.3, -0.25) is 4.79 Å². The molecule has 2 aliphatic carbocycles. The van der Waals surface area contributed by atoms with Crippen molar-refractivity contribution >= 4 is 5.91 Å². The van der Waals surface area contributed by atoms with Crippen LogP contribution in [0.5, 0.6) is 0 Å². The fourth-order valence-electron chi connectivity index (χ4n) is 1.84. The molecule has 14 heavy (non-hydrogen) atoms. The maximum Gasteiger partial charge on any atom is 0.223 e. The van der Waals surface area contributed by atoms with Gasteiger partial charge in [-0.25, -0.2) is 0 Å². The van der Waals surface area contributed by atoms with Gasteiger partial charge >= 0.3 is 0 Å². The average molecular weight is 196 g/mol. The molecule has 2 saturated carbocycles. The Morgan fingerprint density at radius 1 is 1.43 bits per heavy atom. The highest BCUT2D eigenvalue weighted by Gasteiger charge is 2.31. The van der Waals surface area contributed by atoms with Crippen molar-refractivity contribution in [3.8, 4) is 0 Å². The standard InChI is InChI=1S/C11H20N2O/c1-13(7-8-2-3-8)11(14)6-10(12)9-4-5-9/h8-10H,2-7,12H2,1H3. The van der Waals surface area contributed by atoms with Gasteiger partial charge in [-0.2, -0.15) is 0 Å². The summed E-state index contributed by atoms with van der Waals surface area (Å²) < 4.78 is 0. The number of nitrogens with zero attached hydrogens (tertiary/aromatic N) is 1. The number of hydrogen-bond acceptors (Lipinski definition) is 2. The van der Waals surface area contributed by atoms with Crippen LogP contribution in [0.3, 0.4) is 0 Å². The first-order valence-electron chi connectivity index (χ1n) is 5.66. The van der Waals surface area contributed by atoms with Crippen LogP contribution in [-0.4, -0.2) is 30.4 Å². The number of carbonyl (C=O) groups excluding carboxylic acids is 1. The van der Waals surface area contributed by atoms with E-state index in [0.29, 0.717) is 12.3 Å². The van der Waals surface area contributed by atoms with Crippen molar-refractivity contribution in [2.75, 3.05) is 13.6 Å². The summed E-state index contributed by atoms with van der Waals surface area (Å²) in [5.41, 5.74) is 5.92. The van der Waals surface area contributed by atoms with Gasteiger partial charge in [0, 0.05) is 26.1 Å². The van der Waals surface area contributed by atoms with Gasteiger partial charge in [0.2, 0.25) is 5.91 Å². The minimum Gasteiger partial charge on any atom is -0.345 e. The van der Waals surface area contributed by atoms with E-state index in [9.17, 15) is 4.79 Å². The largest absolute Gasteiger partial charge is 0.345 e. The number of carbonyl (C=O) groups is 1. The molecule has 2 rings (SSSR count). The highest BCUT2D eigenvalue weighted by atomic mass is 16.2. The Morgan fingerprint density at radius 3 is 2.57 bits per heavy atom. The monoisotopic (exact) mass is 196 g/mol. The van der Waals surface area contributed by atoms with Gasteiger partial charge in [-0.1, -0.05) is 0 Å². The fourth-order valence-corrected chi connectivity index (χ4v) is 1.84. The Morgan fingerprint density at radius 2 is 2.07 bits per heavy atom.